The Morgan fingerprint density at radius 3 is 2.86 bits per heavy atom. The summed E-state index contributed by atoms with van der Waals surface area (Å²) in [5.41, 5.74) is 1.16. The molecule has 21 heavy (non-hydrogen) atoms. The van der Waals surface area contributed by atoms with E-state index in [0.717, 1.165) is 0 Å². The fourth-order valence-electron chi connectivity index (χ4n) is 2.57. The van der Waals surface area contributed by atoms with E-state index in [-0.39, 0.29) is 6.54 Å². The summed E-state index contributed by atoms with van der Waals surface area (Å²) in [5.74, 6) is -0.169. The van der Waals surface area contributed by atoms with E-state index in [1.807, 2.05) is 0 Å². The molecule has 3 heterocycles. The number of nitrogens with zero attached hydrogens (tertiary/aromatic N) is 5. The van der Waals surface area contributed by atoms with Gasteiger partial charge >= 0.3 is 6.18 Å². The summed E-state index contributed by atoms with van der Waals surface area (Å²) < 4.78 is 42.4. The van der Waals surface area contributed by atoms with Crippen LogP contribution in [0.3, 0.4) is 0 Å². The molecule has 0 fully saturated rings. The maximum absolute atomic E-state index is 13.1. The summed E-state index contributed by atoms with van der Waals surface area (Å²) in [6, 6.07) is 0. The van der Waals surface area contributed by atoms with Crippen LogP contribution in [0.15, 0.2) is 6.33 Å². The number of halogens is 3. The van der Waals surface area contributed by atoms with Crippen molar-refractivity contribution in [1.29, 1.82) is 0 Å². The summed E-state index contributed by atoms with van der Waals surface area (Å²) in [5, 5.41) is 10.7. The summed E-state index contributed by atoms with van der Waals surface area (Å²) in [6.45, 7) is 1.25. The number of imidazole rings is 1. The molecule has 9 heteroatoms. The van der Waals surface area contributed by atoms with Gasteiger partial charge in [-0.1, -0.05) is 0 Å². The zero-order chi connectivity index (χ0) is 15.0. The molecule has 0 atom stereocenters. The average Bonchev–Trinajstić information content (AvgIpc) is 2.99. The van der Waals surface area contributed by atoms with Crippen molar-refractivity contribution in [3.8, 4) is 0 Å². The lowest BCUT2D eigenvalue weighted by Gasteiger charge is -2.16. The molecule has 0 bridgehead atoms. The van der Waals surface area contributed by atoms with Gasteiger partial charge in [0.1, 0.15) is 12.2 Å². The van der Waals surface area contributed by atoms with E-state index in [4.69, 9.17) is 0 Å². The smallest absolute Gasteiger partial charge is 0.324 e. The Hall–Kier alpha value is -1.90. The van der Waals surface area contributed by atoms with Crippen molar-refractivity contribution >= 4 is 0 Å². The van der Waals surface area contributed by atoms with Crippen molar-refractivity contribution < 1.29 is 13.2 Å². The van der Waals surface area contributed by atoms with Crippen molar-refractivity contribution in [2.75, 3.05) is 6.54 Å². The van der Waals surface area contributed by atoms with E-state index < -0.39 is 12.0 Å². The molecule has 114 valence electrons. The molecule has 1 N–H and O–H groups in total. The lowest BCUT2D eigenvalue weighted by atomic mass is 10.2. The molecule has 0 aromatic carbocycles. The topological polar surface area (TPSA) is 60.6 Å². The molecule has 1 aliphatic heterocycles. The third kappa shape index (κ3) is 2.65. The van der Waals surface area contributed by atoms with Gasteiger partial charge in [0, 0.05) is 45.2 Å². The Morgan fingerprint density at radius 2 is 2.19 bits per heavy atom. The van der Waals surface area contributed by atoms with Crippen LogP contribution in [0.2, 0.25) is 0 Å². The molecule has 2 aromatic rings. The second kappa shape index (κ2) is 5.14. The van der Waals surface area contributed by atoms with Gasteiger partial charge < -0.3 is 14.5 Å². The Kier molecular flexibility index (Phi) is 3.44. The predicted molar refractivity (Wildman–Crippen MR) is 67.3 cm³/mol. The van der Waals surface area contributed by atoms with Gasteiger partial charge in [-0.15, -0.1) is 10.2 Å². The number of rotatable bonds is 3. The van der Waals surface area contributed by atoms with E-state index in [1.165, 1.54) is 10.9 Å². The number of nitrogens with one attached hydrogen (secondary N) is 1. The van der Waals surface area contributed by atoms with Gasteiger partial charge in [0.05, 0.1) is 5.69 Å². The Labute approximate surface area is 119 Å². The van der Waals surface area contributed by atoms with Gasteiger partial charge in [0.25, 0.3) is 0 Å². The van der Waals surface area contributed by atoms with Crippen LogP contribution in [-0.4, -0.2) is 30.9 Å². The second-order valence-corrected chi connectivity index (χ2v) is 5.01. The van der Waals surface area contributed by atoms with Crippen LogP contribution in [0.1, 0.15) is 23.0 Å². The van der Waals surface area contributed by atoms with Crippen molar-refractivity contribution in [2.45, 2.75) is 32.1 Å². The molecule has 2 aromatic heterocycles. The summed E-state index contributed by atoms with van der Waals surface area (Å²) in [6.07, 6.45) is -1.97. The molecule has 0 unspecified atom stereocenters. The number of aryl methyl sites for hydroxylation is 2. The minimum absolute atomic E-state index is 0.198. The number of hydrogen-bond donors (Lipinski definition) is 1. The molecule has 0 spiro atoms. The standard InChI is InChI=1S/C12H15F3N6/c1-20-7-17-19-10(20)3-5-21-9-2-4-16-6-8(9)18-11(21)12(13,14)15/h7,16H,2-6H2,1H3. The highest BCUT2D eigenvalue weighted by Crippen LogP contribution is 2.31. The molecule has 3 rings (SSSR count). The summed E-state index contributed by atoms with van der Waals surface area (Å²) >= 11 is 0. The fourth-order valence-corrected chi connectivity index (χ4v) is 2.57. The van der Waals surface area contributed by atoms with E-state index in [0.29, 0.717) is 43.1 Å². The lowest BCUT2D eigenvalue weighted by molar-refractivity contribution is -0.147. The van der Waals surface area contributed by atoms with Crippen molar-refractivity contribution in [1.82, 2.24) is 29.6 Å². The van der Waals surface area contributed by atoms with Crippen molar-refractivity contribution in [3.63, 3.8) is 0 Å². The van der Waals surface area contributed by atoms with Crippen LogP contribution in [0.4, 0.5) is 13.2 Å². The molecular weight excluding hydrogens is 285 g/mol. The molecule has 1 aliphatic rings. The highest BCUT2D eigenvalue weighted by Gasteiger charge is 2.39. The van der Waals surface area contributed by atoms with Crippen LogP contribution in [0.5, 0.6) is 0 Å². The van der Waals surface area contributed by atoms with E-state index in [1.54, 1.807) is 11.6 Å². The highest BCUT2D eigenvalue weighted by atomic mass is 19.4. The number of fused-ring (bicyclic) bond motifs is 1. The first-order chi connectivity index (χ1) is 9.97. The number of alkyl halides is 3. The van der Waals surface area contributed by atoms with Gasteiger partial charge in [0.2, 0.25) is 5.82 Å². The van der Waals surface area contributed by atoms with Crippen LogP contribution < -0.4 is 5.32 Å². The molecule has 0 amide bonds. The molecule has 0 radical (unpaired) electrons. The largest absolute Gasteiger partial charge is 0.449 e. The first-order valence-electron chi connectivity index (χ1n) is 6.66. The zero-order valence-corrected chi connectivity index (χ0v) is 11.5. The van der Waals surface area contributed by atoms with Crippen molar-refractivity contribution in [3.05, 3.63) is 29.4 Å². The number of aromatic nitrogens is 5. The maximum atomic E-state index is 13.1. The maximum Gasteiger partial charge on any atom is 0.449 e. The molecule has 0 aliphatic carbocycles. The molecule has 0 saturated carbocycles. The zero-order valence-electron chi connectivity index (χ0n) is 11.5. The lowest BCUT2D eigenvalue weighted by Crippen LogP contribution is -2.25. The Bertz CT molecular complexity index is 642. The Balaban J connectivity index is 1.92. The van der Waals surface area contributed by atoms with Crippen LogP contribution in [0, 0.1) is 0 Å². The van der Waals surface area contributed by atoms with Gasteiger partial charge in [-0.25, -0.2) is 4.98 Å². The third-order valence-electron chi connectivity index (χ3n) is 3.60. The first-order valence-corrected chi connectivity index (χ1v) is 6.66. The van der Waals surface area contributed by atoms with Crippen LogP contribution in [-0.2, 0) is 39.2 Å². The van der Waals surface area contributed by atoms with Gasteiger partial charge in [0.15, 0.2) is 0 Å². The summed E-state index contributed by atoms with van der Waals surface area (Å²) in [7, 11) is 1.77. The van der Waals surface area contributed by atoms with Gasteiger partial charge in [-0.05, 0) is 0 Å². The van der Waals surface area contributed by atoms with Gasteiger partial charge in [-0.2, -0.15) is 13.2 Å². The quantitative estimate of drug-likeness (QED) is 0.915. The Morgan fingerprint density at radius 1 is 1.38 bits per heavy atom. The fraction of sp³-hybridized carbons (Fsp3) is 0.583. The van der Waals surface area contributed by atoms with Gasteiger partial charge in [-0.3, -0.25) is 0 Å². The third-order valence-corrected chi connectivity index (χ3v) is 3.60. The van der Waals surface area contributed by atoms with E-state index in [9.17, 15) is 13.2 Å². The predicted octanol–water partition coefficient (Wildman–Crippen LogP) is 0.919. The summed E-state index contributed by atoms with van der Waals surface area (Å²) in [4.78, 5) is 3.78. The minimum atomic E-state index is -4.45. The number of hydrogen-bond acceptors (Lipinski definition) is 4. The van der Waals surface area contributed by atoms with E-state index in [2.05, 4.69) is 20.5 Å². The average molecular weight is 300 g/mol. The SMILES string of the molecule is Cn1cnnc1CCn1c(C(F)(F)F)nc2c1CCNC2. The van der Waals surface area contributed by atoms with Crippen molar-refractivity contribution in [2.24, 2.45) is 7.05 Å². The normalized spacial score (nSPS) is 15.2. The van der Waals surface area contributed by atoms with Crippen LogP contribution in [0.25, 0.3) is 0 Å². The monoisotopic (exact) mass is 300 g/mol. The minimum Gasteiger partial charge on any atom is -0.324 e. The molecule has 6 nitrogen and oxygen atoms in total. The van der Waals surface area contributed by atoms with E-state index >= 15 is 0 Å². The van der Waals surface area contributed by atoms with Crippen LogP contribution >= 0.6 is 0 Å². The molecular formula is C12H15F3N6. The first kappa shape index (κ1) is 14.1. The second-order valence-electron chi connectivity index (χ2n) is 5.01. The highest BCUT2D eigenvalue weighted by molar-refractivity contribution is 5.21. The molecule has 0 saturated heterocycles.